The first-order chi connectivity index (χ1) is 12.4. The zero-order valence-corrected chi connectivity index (χ0v) is 15.1. The SMILES string of the molecule is CCOC(=O)C1=C(Cn2cnc3c(Cl)cc(Cl)cc3c2=O)NC(=O)NC1. The standard InChI is InChI=1S/C16H14Cl2N4O4/c1-2-26-15(24)10-5-19-16(25)21-12(10)6-22-7-20-13-9(14(22)23)3-8(17)4-11(13)18/h3-4,7H,2,5-6H2,1H3,(H2,19,21,25). The number of nitrogens with one attached hydrogen (secondary N) is 2. The van der Waals surface area contributed by atoms with E-state index < -0.39 is 17.6 Å². The maximum Gasteiger partial charge on any atom is 0.337 e. The number of carbonyl (C=O) groups excluding carboxylic acids is 2. The minimum absolute atomic E-state index is 0.00736. The number of fused-ring (bicyclic) bond motifs is 1. The van der Waals surface area contributed by atoms with E-state index >= 15 is 0 Å². The minimum Gasteiger partial charge on any atom is -0.463 e. The molecule has 2 aromatic rings. The second-order valence-corrected chi connectivity index (χ2v) is 6.29. The van der Waals surface area contributed by atoms with Crippen LogP contribution >= 0.6 is 23.2 Å². The van der Waals surface area contributed by atoms with Crippen molar-refractivity contribution in [2.45, 2.75) is 13.5 Å². The molecule has 3 rings (SSSR count). The van der Waals surface area contributed by atoms with Crippen LogP contribution in [0.15, 0.2) is 34.5 Å². The van der Waals surface area contributed by atoms with E-state index in [1.54, 1.807) is 6.92 Å². The molecule has 0 bridgehead atoms. The van der Waals surface area contributed by atoms with Crippen LogP contribution in [0.2, 0.25) is 10.0 Å². The van der Waals surface area contributed by atoms with Crippen molar-refractivity contribution in [2.75, 3.05) is 13.2 Å². The highest BCUT2D eigenvalue weighted by Crippen LogP contribution is 2.24. The smallest absolute Gasteiger partial charge is 0.337 e. The second-order valence-electron chi connectivity index (χ2n) is 5.45. The Labute approximate surface area is 157 Å². The van der Waals surface area contributed by atoms with Gasteiger partial charge in [-0.25, -0.2) is 14.6 Å². The van der Waals surface area contributed by atoms with E-state index in [0.29, 0.717) is 10.5 Å². The van der Waals surface area contributed by atoms with Gasteiger partial charge in [0.1, 0.15) is 0 Å². The number of carbonyl (C=O) groups is 2. The summed E-state index contributed by atoms with van der Waals surface area (Å²) in [6, 6.07) is 2.49. The molecule has 10 heteroatoms. The van der Waals surface area contributed by atoms with Crippen molar-refractivity contribution in [1.82, 2.24) is 20.2 Å². The topological polar surface area (TPSA) is 102 Å². The lowest BCUT2D eigenvalue weighted by Crippen LogP contribution is -2.45. The Morgan fingerprint density at radius 1 is 1.35 bits per heavy atom. The van der Waals surface area contributed by atoms with Gasteiger partial charge in [0, 0.05) is 5.02 Å². The molecule has 136 valence electrons. The average Bonchev–Trinajstić information content (AvgIpc) is 2.58. The van der Waals surface area contributed by atoms with Crippen molar-refractivity contribution >= 4 is 46.1 Å². The number of aromatic nitrogens is 2. The van der Waals surface area contributed by atoms with Gasteiger partial charge in [0.2, 0.25) is 0 Å². The van der Waals surface area contributed by atoms with Crippen molar-refractivity contribution in [3.63, 3.8) is 0 Å². The number of halogens is 2. The van der Waals surface area contributed by atoms with Gasteiger partial charge in [-0.1, -0.05) is 23.2 Å². The van der Waals surface area contributed by atoms with E-state index in [4.69, 9.17) is 27.9 Å². The van der Waals surface area contributed by atoms with Gasteiger partial charge in [-0.2, -0.15) is 0 Å². The molecule has 2 heterocycles. The Kier molecular flexibility index (Phi) is 5.15. The highest BCUT2D eigenvalue weighted by molar-refractivity contribution is 6.38. The summed E-state index contributed by atoms with van der Waals surface area (Å²) in [7, 11) is 0. The molecule has 8 nitrogen and oxygen atoms in total. The third-order valence-corrected chi connectivity index (χ3v) is 4.26. The lowest BCUT2D eigenvalue weighted by atomic mass is 10.1. The molecule has 1 aromatic carbocycles. The number of ether oxygens (including phenoxy) is 1. The quantitative estimate of drug-likeness (QED) is 0.767. The Morgan fingerprint density at radius 2 is 2.12 bits per heavy atom. The van der Waals surface area contributed by atoms with Crippen molar-refractivity contribution in [3.05, 3.63) is 50.1 Å². The molecule has 26 heavy (non-hydrogen) atoms. The van der Waals surface area contributed by atoms with Crippen LogP contribution in [0.3, 0.4) is 0 Å². The number of rotatable bonds is 4. The molecule has 1 aliphatic rings. The highest BCUT2D eigenvalue weighted by Gasteiger charge is 2.24. The summed E-state index contributed by atoms with van der Waals surface area (Å²) in [5.74, 6) is -0.567. The number of urea groups is 1. The summed E-state index contributed by atoms with van der Waals surface area (Å²) < 4.78 is 6.25. The van der Waals surface area contributed by atoms with Gasteiger partial charge in [-0.05, 0) is 19.1 Å². The van der Waals surface area contributed by atoms with Crippen LogP contribution in [0, 0.1) is 0 Å². The van der Waals surface area contributed by atoms with Gasteiger partial charge in [0.15, 0.2) is 0 Å². The molecule has 2 N–H and O–H groups in total. The summed E-state index contributed by atoms with van der Waals surface area (Å²) >= 11 is 12.0. The maximum atomic E-state index is 12.7. The zero-order chi connectivity index (χ0) is 18.8. The van der Waals surface area contributed by atoms with E-state index in [1.807, 2.05) is 0 Å². The monoisotopic (exact) mass is 396 g/mol. The van der Waals surface area contributed by atoms with Crippen molar-refractivity contribution in [1.29, 1.82) is 0 Å². The highest BCUT2D eigenvalue weighted by atomic mass is 35.5. The number of allylic oxidation sites excluding steroid dienone is 1. The number of esters is 1. The molecule has 0 atom stereocenters. The summed E-state index contributed by atoms with van der Waals surface area (Å²) in [4.78, 5) is 40.6. The molecule has 1 aromatic heterocycles. The number of amides is 2. The molecule has 0 fully saturated rings. The molecular weight excluding hydrogens is 383 g/mol. The number of nitrogens with zero attached hydrogens (tertiary/aromatic N) is 2. The van der Waals surface area contributed by atoms with E-state index in [1.165, 1.54) is 23.0 Å². The third-order valence-electron chi connectivity index (χ3n) is 3.75. The number of hydrogen-bond acceptors (Lipinski definition) is 5. The zero-order valence-electron chi connectivity index (χ0n) is 13.6. The van der Waals surface area contributed by atoms with Crippen LogP contribution in [0.1, 0.15) is 6.92 Å². The predicted octanol–water partition coefficient (Wildman–Crippen LogP) is 1.83. The molecule has 2 amide bonds. The van der Waals surface area contributed by atoms with Crippen molar-refractivity contribution in [2.24, 2.45) is 0 Å². The van der Waals surface area contributed by atoms with E-state index in [-0.39, 0.29) is 41.4 Å². The van der Waals surface area contributed by atoms with Gasteiger partial charge in [0.25, 0.3) is 5.56 Å². The summed E-state index contributed by atoms with van der Waals surface area (Å²) in [6.45, 7) is 1.82. The van der Waals surface area contributed by atoms with E-state index in [2.05, 4.69) is 15.6 Å². The average molecular weight is 397 g/mol. The Hall–Kier alpha value is -2.58. The Balaban J connectivity index is 2.06. The van der Waals surface area contributed by atoms with Gasteiger partial charge >= 0.3 is 12.0 Å². The van der Waals surface area contributed by atoms with Crippen molar-refractivity contribution < 1.29 is 14.3 Å². The number of benzene rings is 1. The molecular formula is C16H14Cl2N4O4. The second kappa shape index (κ2) is 7.35. The van der Waals surface area contributed by atoms with Gasteiger partial charge in [-0.3, -0.25) is 9.36 Å². The van der Waals surface area contributed by atoms with Crippen LogP contribution in [-0.4, -0.2) is 34.7 Å². The Morgan fingerprint density at radius 3 is 2.85 bits per heavy atom. The predicted molar refractivity (Wildman–Crippen MR) is 96.2 cm³/mol. The summed E-state index contributed by atoms with van der Waals surface area (Å²) in [6.07, 6.45) is 1.30. The fourth-order valence-electron chi connectivity index (χ4n) is 2.56. The normalized spacial score (nSPS) is 14.2. The number of hydrogen-bond donors (Lipinski definition) is 2. The molecule has 0 spiro atoms. The molecule has 0 saturated heterocycles. The van der Waals surface area contributed by atoms with Crippen LogP contribution in [-0.2, 0) is 16.1 Å². The summed E-state index contributed by atoms with van der Waals surface area (Å²) in [5.41, 5.74) is 0.431. The maximum absolute atomic E-state index is 12.7. The van der Waals surface area contributed by atoms with Crippen LogP contribution in [0.4, 0.5) is 4.79 Å². The van der Waals surface area contributed by atoms with Crippen LogP contribution in [0.5, 0.6) is 0 Å². The lowest BCUT2D eigenvalue weighted by molar-refractivity contribution is -0.138. The van der Waals surface area contributed by atoms with Crippen molar-refractivity contribution in [3.8, 4) is 0 Å². The first-order valence-electron chi connectivity index (χ1n) is 7.69. The largest absolute Gasteiger partial charge is 0.463 e. The van der Waals surface area contributed by atoms with E-state index in [9.17, 15) is 14.4 Å². The molecule has 0 saturated carbocycles. The van der Waals surface area contributed by atoms with Gasteiger partial charge in [0.05, 0.1) is 53.2 Å². The fraction of sp³-hybridized carbons (Fsp3) is 0.250. The molecule has 0 radical (unpaired) electrons. The minimum atomic E-state index is -0.567. The van der Waals surface area contributed by atoms with E-state index in [0.717, 1.165) is 0 Å². The molecule has 1 aliphatic heterocycles. The molecule has 0 unspecified atom stereocenters. The Bertz CT molecular complexity index is 1000. The van der Waals surface area contributed by atoms with Gasteiger partial charge < -0.3 is 15.4 Å². The third kappa shape index (κ3) is 3.51. The van der Waals surface area contributed by atoms with Crippen LogP contribution < -0.4 is 16.2 Å². The first-order valence-corrected chi connectivity index (χ1v) is 8.44. The first kappa shape index (κ1) is 18.2. The fourth-order valence-corrected chi connectivity index (χ4v) is 3.10. The van der Waals surface area contributed by atoms with Gasteiger partial charge in [-0.15, -0.1) is 0 Å². The van der Waals surface area contributed by atoms with Crippen LogP contribution in [0.25, 0.3) is 10.9 Å². The molecule has 0 aliphatic carbocycles. The summed E-state index contributed by atoms with van der Waals surface area (Å²) in [5, 5.41) is 5.85. The lowest BCUT2D eigenvalue weighted by Gasteiger charge is -2.21.